The Hall–Kier alpha value is -0.570. The Kier molecular flexibility index (Phi) is 3.20. The second kappa shape index (κ2) is 3.89. The van der Waals surface area contributed by atoms with Crippen LogP contribution in [0.25, 0.3) is 0 Å². The number of rotatable bonds is 1. The van der Waals surface area contributed by atoms with Crippen molar-refractivity contribution in [1.29, 1.82) is 0 Å². The molecule has 0 unspecified atom stereocenters. The topological polar surface area (TPSA) is 0 Å². The minimum atomic E-state index is -0.470. The monoisotopic (exact) mass is 216 g/mol. The van der Waals surface area contributed by atoms with Crippen molar-refractivity contribution < 1.29 is 8.78 Å². The SMILES string of the molecule is CSc1c(F)cc(C(C)(C)C)cc1F. The normalized spacial score (nSPS) is 11.9. The Morgan fingerprint density at radius 1 is 1.07 bits per heavy atom. The van der Waals surface area contributed by atoms with Gasteiger partial charge in [0.15, 0.2) is 0 Å². The van der Waals surface area contributed by atoms with Crippen LogP contribution in [0.3, 0.4) is 0 Å². The highest BCUT2D eigenvalue weighted by Gasteiger charge is 2.18. The highest BCUT2D eigenvalue weighted by molar-refractivity contribution is 7.98. The zero-order valence-electron chi connectivity index (χ0n) is 8.82. The van der Waals surface area contributed by atoms with Gasteiger partial charge in [-0.05, 0) is 29.4 Å². The first-order chi connectivity index (χ1) is 6.36. The summed E-state index contributed by atoms with van der Waals surface area (Å²) in [6, 6.07) is 2.82. The molecule has 0 aromatic heterocycles. The van der Waals surface area contributed by atoms with Crippen LogP contribution >= 0.6 is 11.8 Å². The first-order valence-corrected chi connectivity index (χ1v) is 5.62. The van der Waals surface area contributed by atoms with E-state index in [0.717, 1.165) is 11.8 Å². The molecule has 0 aliphatic carbocycles. The van der Waals surface area contributed by atoms with Crippen LogP contribution in [0.4, 0.5) is 8.78 Å². The van der Waals surface area contributed by atoms with Crippen LogP contribution in [0.1, 0.15) is 26.3 Å². The van der Waals surface area contributed by atoms with Gasteiger partial charge in [-0.15, -0.1) is 11.8 Å². The van der Waals surface area contributed by atoms with E-state index >= 15 is 0 Å². The van der Waals surface area contributed by atoms with Gasteiger partial charge in [0.2, 0.25) is 0 Å². The first kappa shape index (κ1) is 11.5. The van der Waals surface area contributed by atoms with Crippen LogP contribution in [0, 0.1) is 11.6 Å². The minimum Gasteiger partial charge on any atom is -0.206 e. The molecule has 0 aliphatic heterocycles. The number of halogens is 2. The molecular formula is C11H14F2S. The van der Waals surface area contributed by atoms with Crippen LogP contribution in [0.2, 0.25) is 0 Å². The van der Waals surface area contributed by atoms with Crippen LogP contribution in [0.5, 0.6) is 0 Å². The molecule has 0 saturated carbocycles. The summed E-state index contributed by atoms with van der Waals surface area (Å²) in [6.45, 7) is 5.79. The third-order valence-electron chi connectivity index (χ3n) is 2.07. The molecule has 78 valence electrons. The Morgan fingerprint density at radius 3 is 1.79 bits per heavy atom. The first-order valence-electron chi connectivity index (χ1n) is 4.40. The number of thioether (sulfide) groups is 1. The van der Waals surface area contributed by atoms with Gasteiger partial charge in [-0.1, -0.05) is 20.8 Å². The van der Waals surface area contributed by atoms with E-state index < -0.39 is 11.6 Å². The fourth-order valence-corrected chi connectivity index (χ4v) is 1.70. The largest absolute Gasteiger partial charge is 0.206 e. The summed E-state index contributed by atoms with van der Waals surface area (Å²) < 4.78 is 26.8. The molecule has 14 heavy (non-hydrogen) atoms. The summed E-state index contributed by atoms with van der Waals surface area (Å²) in [5.74, 6) is -0.940. The summed E-state index contributed by atoms with van der Waals surface area (Å²) in [7, 11) is 0. The van der Waals surface area contributed by atoms with E-state index in [9.17, 15) is 8.78 Å². The van der Waals surface area contributed by atoms with Gasteiger partial charge in [-0.3, -0.25) is 0 Å². The van der Waals surface area contributed by atoms with Crippen molar-refractivity contribution in [3.63, 3.8) is 0 Å². The molecule has 0 heterocycles. The quantitative estimate of drug-likeness (QED) is 0.640. The maximum Gasteiger partial charge on any atom is 0.140 e. The standard InChI is InChI=1S/C11H14F2S/c1-11(2,3)7-5-8(12)10(14-4)9(13)6-7/h5-6H,1-4H3. The molecule has 0 nitrogen and oxygen atoms in total. The Labute approximate surface area is 87.7 Å². The van der Waals surface area contributed by atoms with Gasteiger partial charge in [0.1, 0.15) is 11.6 Å². The molecule has 0 bridgehead atoms. The van der Waals surface area contributed by atoms with Crippen LogP contribution < -0.4 is 0 Å². The van der Waals surface area contributed by atoms with Gasteiger partial charge in [-0.2, -0.15) is 0 Å². The third kappa shape index (κ3) is 2.27. The molecule has 1 aromatic carbocycles. The van der Waals surface area contributed by atoms with Gasteiger partial charge in [0.05, 0.1) is 4.90 Å². The van der Waals surface area contributed by atoms with Crippen molar-refractivity contribution in [2.45, 2.75) is 31.1 Å². The van der Waals surface area contributed by atoms with E-state index in [2.05, 4.69) is 0 Å². The minimum absolute atomic E-state index is 0.0954. The van der Waals surface area contributed by atoms with Crippen molar-refractivity contribution in [3.8, 4) is 0 Å². The lowest BCUT2D eigenvalue weighted by atomic mass is 9.87. The highest BCUT2D eigenvalue weighted by Crippen LogP contribution is 2.29. The second-order valence-electron chi connectivity index (χ2n) is 4.22. The van der Waals surface area contributed by atoms with Crippen LogP contribution in [0.15, 0.2) is 17.0 Å². The fourth-order valence-electron chi connectivity index (χ4n) is 1.19. The van der Waals surface area contributed by atoms with E-state index in [1.165, 1.54) is 12.1 Å². The third-order valence-corrected chi connectivity index (χ3v) is 2.87. The highest BCUT2D eigenvalue weighted by atomic mass is 32.2. The van der Waals surface area contributed by atoms with Gasteiger partial charge >= 0.3 is 0 Å². The molecule has 3 heteroatoms. The molecule has 0 amide bonds. The van der Waals surface area contributed by atoms with Crippen molar-refractivity contribution >= 4 is 11.8 Å². The van der Waals surface area contributed by atoms with E-state index in [1.807, 2.05) is 20.8 Å². The number of hydrogen-bond donors (Lipinski definition) is 0. The maximum atomic E-state index is 13.4. The van der Waals surface area contributed by atoms with E-state index in [1.54, 1.807) is 6.26 Å². The van der Waals surface area contributed by atoms with Gasteiger partial charge in [0, 0.05) is 0 Å². The molecule has 1 aromatic rings. The average Bonchev–Trinajstić information content (AvgIpc) is 2.01. The molecule has 0 aliphatic rings. The predicted molar refractivity (Wildman–Crippen MR) is 56.8 cm³/mol. The van der Waals surface area contributed by atoms with Gasteiger partial charge < -0.3 is 0 Å². The second-order valence-corrected chi connectivity index (χ2v) is 5.04. The van der Waals surface area contributed by atoms with Crippen LogP contribution in [-0.4, -0.2) is 6.26 Å². The van der Waals surface area contributed by atoms with Crippen LogP contribution in [-0.2, 0) is 5.41 Å². The lowest BCUT2D eigenvalue weighted by Gasteiger charge is -2.19. The lowest BCUT2D eigenvalue weighted by Crippen LogP contribution is -2.12. The molecule has 0 atom stereocenters. The van der Waals surface area contributed by atoms with E-state index in [0.29, 0.717) is 5.56 Å². The summed E-state index contributed by atoms with van der Waals surface area (Å²) in [5.41, 5.74) is 0.462. The number of hydrogen-bond acceptors (Lipinski definition) is 1. The summed E-state index contributed by atoms with van der Waals surface area (Å²) in [6.07, 6.45) is 1.66. The van der Waals surface area contributed by atoms with E-state index in [4.69, 9.17) is 0 Å². The van der Waals surface area contributed by atoms with Crippen molar-refractivity contribution in [2.24, 2.45) is 0 Å². The fraction of sp³-hybridized carbons (Fsp3) is 0.455. The van der Waals surface area contributed by atoms with Crippen molar-refractivity contribution in [2.75, 3.05) is 6.26 Å². The molecule has 0 radical (unpaired) electrons. The number of benzene rings is 1. The van der Waals surface area contributed by atoms with Gasteiger partial charge in [-0.25, -0.2) is 8.78 Å². The maximum absolute atomic E-state index is 13.4. The molecule has 0 spiro atoms. The Morgan fingerprint density at radius 2 is 1.50 bits per heavy atom. The smallest absolute Gasteiger partial charge is 0.140 e. The summed E-state index contributed by atoms with van der Waals surface area (Å²) in [4.78, 5) is 0.0954. The van der Waals surface area contributed by atoms with Crippen molar-refractivity contribution in [3.05, 3.63) is 29.3 Å². The molecular weight excluding hydrogens is 202 g/mol. The molecule has 0 N–H and O–H groups in total. The Bertz CT molecular complexity index is 317. The molecule has 0 saturated heterocycles. The van der Waals surface area contributed by atoms with Crippen molar-refractivity contribution in [1.82, 2.24) is 0 Å². The van der Waals surface area contributed by atoms with E-state index in [-0.39, 0.29) is 10.3 Å². The average molecular weight is 216 g/mol. The zero-order chi connectivity index (χ0) is 10.9. The van der Waals surface area contributed by atoms with Gasteiger partial charge in [0.25, 0.3) is 0 Å². The zero-order valence-corrected chi connectivity index (χ0v) is 9.64. The summed E-state index contributed by atoms with van der Waals surface area (Å²) >= 11 is 1.09. The molecule has 0 fully saturated rings. The predicted octanol–water partition coefficient (Wildman–Crippen LogP) is 3.98. The lowest BCUT2D eigenvalue weighted by molar-refractivity contribution is 0.516. The Balaban J connectivity index is 3.28. The summed E-state index contributed by atoms with van der Waals surface area (Å²) in [5, 5.41) is 0. The molecule has 1 rings (SSSR count).